The molecule has 0 aliphatic rings. The second kappa shape index (κ2) is 5.99. The van der Waals surface area contributed by atoms with Crippen molar-refractivity contribution in [3.63, 3.8) is 0 Å². The van der Waals surface area contributed by atoms with E-state index in [4.69, 9.17) is 5.11 Å². The lowest BCUT2D eigenvalue weighted by Crippen LogP contribution is -2.40. The van der Waals surface area contributed by atoms with Gasteiger partial charge in [0.2, 0.25) is 0 Å². The number of carboxylic acid groups (broad SMARTS) is 1. The van der Waals surface area contributed by atoms with Crippen LogP contribution in [0.1, 0.15) is 25.7 Å². The number of nitrogens with one attached hydrogen (secondary N) is 2. The third-order valence-electron chi connectivity index (χ3n) is 2.47. The van der Waals surface area contributed by atoms with Crippen LogP contribution in [0.4, 0.5) is 4.79 Å². The Morgan fingerprint density at radius 3 is 2.67 bits per heavy atom. The fourth-order valence-electron chi connectivity index (χ4n) is 1.33. The summed E-state index contributed by atoms with van der Waals surface area (Å²) in [7, 11) is 1.78. The predicted octanol–water partition coefficient (Wildman–Crippen LogP) is -0.104. The molecule has 0 bridgehead atoms. The van der Waals surface area contributed by atoms with Crippen LogP contribution in [0.3, 0.4) is 0 Å². The van der Waals surface area contributed by atoms with Gasteiger partial charge in [-0.2, -0.15) is 0 Å². The molecule has 2 unspecified atom stereocenters. The lowest BCUT2D eigenvalue weighted by Gasteiger charge is -2.14. The van der Waals surface area contributed by atoms with E-state index in [-0.39, 0.29) is 12.6 Å². The lowest BCUT2D eigenvalue weighted by molar-refractivity contribution is -0.140. The fourth-order valence-corrected chi connectivity index (χ4v) is 1.33. The molecule has 2 amide bonds. The summed E-state index contributed by atoms with van der Waals surface area (Å²) >= 11 is 0. The summed E-state index contributed by atoms with van der Waals surface area (Å²) in [4.78, 5) is 22.1. The van der Waals surface area contributed by atoms with Crippen LogP contribution < -0.4 is 10.6 Å². The number of urea groups is 1. The Labute approximate surface area is 104 Å². The zero-order valence-electron chi connectivity index (χ0n) is 10.5. The van der Waals surface area contributed by atoms with Gasteiger partial charge >= 0.3 is 12.0 Å². The van der Waals surface area contributed by atoms with E-state index in [0.29, 0.717) is 5.82 Å². The quantitative estimate of drug-likeness (QED) is 0.680. The van der Waals surface area contributed by atoms with Crippen molar-refractivity contribution in [2.75, 3.05) is 6.54 Å². The van der Waals surface area contributed by atoms with Crippen LogP contribution >= 0.6 is 0 Å². The average molecular weight is 255 g/mol. The highest BCUT2D eigenvalue weighted by molar-refractivity contribution is 5.75. The molecule has 0 saturated carbocycles. The smallest absolute Gasteiger partial charge is 0.315 e. The number of aromatic nitrogens is 3. The molecule has 3 N–H and O–H groups in total. The molecular weight excluding hydrogens is 238 g/mol. The number of aryl methyl sites for hydroxylation is 1. The largest absolute Gasteiger partial charge is 0.481 e. The number of hydrogen-bond acceptors (Lipinski definition) is 4. The SMILES string of the molecule is CC(CNC(=O)NC(C)c1nncn1C)C(=O)O. The van der Waals surface area contributed by atoms with E-state index >= 15 is 0 Å². The second-order valence-electron chi connectivity index (χ2n) is 4.12. The van der Waals surface area contributed by atoms with Gasteiger partial charge in [-0.25, -0.2) is 4.79 Å². The fraction of sp³-hybridized carbons (Fsp3) is 0.600. The molecule has 2 atom stereocenters. The van der Waals surface area contributed by atoms with Crippen molar-refractivity contribution in [1.82, 2.24) is 25.4 Å². The average Bonchev–Trinajstić information content (AvgIpc) is 2.72. The number of carboxylic acids is 1. The maximum atomic E-state index is 11.5. The van der Waals surface area contributed by atoms with Gasteiger partial charge in [0.15, 0.2) is 5.82 Å². The molecule has 1 aromatic heterocycles. The first kappa shape index (κ1) is 13.9. The van der Waals surface area contributed by atoms with Gasteiger partial charge in [0.05, 0.1) is 12.0 Å². The highest BCUT2D eigenvalue weighted by atomic mass is 16.4. The van der Waals surface area contributed by atoms with Crippen molar-refractivity contribution in [1.29, 1.82) is 0 Å². The summed E-state index contributed by atoms with van der Waals surface area (Å²) in [5, 5.41) is 21.4. The number of carbonyl (C=O) groups is 2. The molecule has 8 nitrogen and oxygen atoms in total. The Bertz CT molecular complexity index is 431. The van der Waals surface area contributed by atoms with Crippen LogP contribution in [0.25, 0.3) is 0 Å². The van der Waals surface area contributed by atoms with Crippen molar-refractivity contribution in [3.8, 4) is 0 Å². The summed E-state index contributed by atoms with van der Waals surface area (Å²) in [6, 6.07) is -0.740. The molecule has 1 rings (SSSR count). The standard InChI is InChI=1S/C10H17N5O3/c1-6(9(16)17)4-11-10(18)13-7(2)8-14-12-5-15(8)3/h5-7H,4H2,1-3H3,(H,16,17)(H2,11,13,18). The molecule has 0 radical (unpaired) electrons. The minimum Gasteiger partial charge on any atom is -0.481 e. The summed E-state index contributed by atoms with van der Waals surface area (Å²) in [6.07, 6.45) is 1.54. The molecule has 1 heterocycles. The highest BCUT2D eigenvalue weighted by Crippen LogP contribution is 2.06. The molecule has 0 saturated heterocycles. The normalized spacial score (nSPS) is 13.7. The molecule has 0 aromatic carbocycles. The van der Waals surface area contributed by atoms with Gasteiger partial charge in [0.25, 0.3) is 0 Å². The summed E-state index contributed by atoms with van der Waals surface area (Å²) in [5.74, 6) is -0.950. The molecular formula is C10H17N5O3. The van der Waals surface area contributed by atoms with Crippen LogP contribution in [-0.2, 0) is 11.8 Å². The summed E-state index contributed by atoms with van der Waals surface area (Å²) in [5.41, 5.74) is 0. The topological polar surface area (TPSA) is 109 Å². The summed E-state index contributed by atoms with van der Waals surface area (Å²) in [6.45, 7) is 3.37. The van der Waals surface area contributed by atoms with Gasteiger partial charge in [-0.15, -0.1) is 10.2 Å². The number of rotatable bonds is 5. The Hall–Kier alpha value is -2.12. The van der Waals surface area contributed by atoms with Gasteiger partial charge in [-0.3, -0.25) is 4.79 Å². The van der Waals surface area contributed by atoms with Gasteiger partial charge in [-0.05, 0) is 6.92 Å². The van der Waals surface area contributed by atoms with E-state index < -0.39 is 17.9 Å². The maximum Gasteiger partial charge on any atom is 0.315 e. The molecule has 0 aliphatic carbocycles. The first-order valence-corrected chi connectivity index (χ1v) is 5.53. The first-order chi connectivity index (χ1) is 8.41. The number of nitrogens with zero attached hydrogens (tertiary/aromatic N) is 3. The minimum absolute atomic E-state index is 0.0761. The second-order valence-corrected chi connectivity index (χ2v) is 4.12. The highest BCUT2D eigenvalue weighted by Gasteiger charge is 2.16. The molecule has 0 fully saturated rings. The minimum atomic E-state index is -0.948. The van der Waals surface area contributed by atoms with Crippen molar-refractivity contribution < 1.29 is 14.7 Å². The Balaban J connectivity index is 2.41. The molecule has 1 aromatic rings. The van der Waals surface area contributed by atoms with Gasteiger partial charge < -0.3 is 20.3 Å². The number of hydrogen-bond donors (Lipinski definition) is 3. The van der Waals surface area contributed by atoms with Gasteiger partial charge in [0.1, 0.15) is 6.33 Å². The molecule has 18 heavy (non-hydrogen) atoms. The third kappa shape index (κ3) is 3.72. The van der Waals surface area contributed by atoms with Gasteiger partial charge in [0, 0.05) is 13.6 Å². The molecule has 8 heteroatoms. The van der Waals surface area contributed by atoms with E-state index in [0.717, 1.165) is 0 Å². The van der Waals surface area contributed by atoms with E-state index in [9.17, 15) is 9.59 Å². The number of carbonyl (C=O) groups excluding carboxylic acids is 1. The van der Waals surface area contributed by atoms with E-state index in [2.05, 4.69) is 20.8 Å². The van der Waals surface area contributed by atoms with Crippen LogP contribution in [0.5, 0.6) is 0 Å². The van der Waals surface area contributed by atoms with Crippen molar-refractivity contribution >= 4 is 12.0 Å². The number of amides is 2. The van der Waals surface area contributed by atoms with Crippen LogP contribution in [0.2, 0.25) is 0 Å². The zero-order chi connectivity index (χ0) is 13.7. The lowest BCUT2D eigenvalue weighted by atomic mass is 10.2. The van der Waals surface area contributed by atoms with Gasteiger partial charge in [-0.1, -0.05) is 6.92 Å². The Kier molecular flexibility index (Phi) is 4.64. The van der Waals surface area contributed by atoms with Crippen LogP contribution in [0, 0.1) is 5.92 Å². The first-order valence-electron chi connectivity index (χ1n) is 5.53. The van der Waals surface area contributed by atoms with Crippen molar-refractivity contribution in [2.45, 2.75) is 19.9 Å². The number of aliphatic carboxylic acids is 1. The monoisotopic (exact) mass is 255 g/mol. The van der Waals surface area contributed by atoms with Crippen LogP contribution in [-0.4, -0.2) is 38.4 Å². The molecule has 0 aliphatic heterocycles. The predicted molar refractivity (Wildman–Crippen MR) is 62.8 cm³/mol. The summed E-state index contributed by atoms with van der Waals surface area (Å²) < 4.78 is 1.70. The Morgan fingerprint density at radius 1 is 1.50 bits per heavy atom. The maximum absolute atomic E-state index is 11.5. The Morgan fingerprint density at radius 2 is 2.17 bits per heavy atom. The molecule has 0 spiro atoms. The van der Waals surface area contributed by atoms with E-state index in [1.165, 1.54) is 13.3 Å². The van der Waals surface area contributed by atoms with Crippen molar-refractivity contribution in [2.24, 2.45) is 13.0 Å². The van der Waals surface area contributed by atoms with E-state index in [1.807, 2.05) is 0 Å². The van der Waals surface area contributed by atoms with Crippen molar-refractivity contribution in [3.05, 3.63) is 12.2 Å². The zero-order valence-corrected chi connectivity index (χ0v) is 10.5. The van der Waals surface area contributed by atoms with Crippen LogP contribution in [0.15, 0.2) is 6.33 Å². The van der Waals surface area contributed by atoms with E-state index in [1.54, 1.807) is 18.5 Å². The molecule has 100 valence electrons. The third-order valence-corrected chi connectivity index (χ3v) is 2.47.